The van der Waals surface area contributed by atoms with E-state index in [9.17, 15) is 22.8 Å². The van der Waals surface area contributed by atoms with Gasteiger partial charge in [0.1, 0.15) is 6.54 Å². The summed E-state index contributed by atoms with van der Waals surface area (Å²) in [4.78, 5) is 41.0. The molecule has 0 saturated carbocycles. The van der Waals surface area contributed by atoms with Crippen molar-refractivity contribution in [3.63, 3.8) is 0 Å². The maximum absolute atomic E-state index is 13.2. The topological polar surface area (TPSA) is 95.1 Å². The minimum atomic E-state index is -3.63. The molecule has 2 fully saturated rings. The van der Waals surface area contributed by atoms with Gasteiger partial charge in [0.25, 0.3) is 0 Å². The van der Waals surface area contributed by atoms with E-state index in [0.29, 0.717) is 17.7 Å². The smallest absolute Gasteiger partial charge is 0.243 e. The van der Waals surface area contributed by atoms with Crippen molar-refractivity contribution >= 4 is 27.7 Å². The third-order valence-corrected chi connectivity index (χ3v) is 9.34. The Kier molecular flexibility index (Phi) is 5.86. The molecular formula is C24H29N3O5S. The summed E-state index contributed by atoms with van der Waals surface area (Å²) in [5.74, 6) is -1.55. The summed E-state index contributed by atoms with van der Waals surface area (Å²) in [6.07, 6.45) is 9.04. The number of hydrogen-bond acceptors (Lipinski definition) is 5. The zero-order valence-corrected chi connectivity index (χ0v) is 19.4. The van der Waals surface area contributed by atoms with E-state index >= 15 is 0 Å². The molecule has 5 rings (SSSR count). The molecule has 3 amide bonds. The van der Waals surface area contributed by atoms with Gasteiger partial charge in [0.15, 0.2) is 0 Å². The molecule has 2 heterocycles. The van der Waals surface area contributed by atoms with Gasteiger partial charge in [-0.3, -0.25) is 19.3 Å². The number of likely N-dealkylation sites (tertiary alicyclic amines) is 1. The lowest BCUT2D eigenvalue weighted by Gasteiger charge is -2.34. The molecule has 0 radical (unpaired) electrons. The summed E-state index contributed by atoms with van der Waals surface area (Å²) >= 11 is 0. The molecule has 8 nitrogen and oxygen atoms in total. The zero-order valence-electron chi connectivity index (χ0n) is 18.6. The Morgan fingerprint density at radius 3 is 2.12 bits per heavy atom. The Balaban J connectivity index is 1.21. The first-order valence-corrected chi connectivity index (χ1v) is 13.2. The van der Waals surface area contributed by atoms with Gasteiger partial charge in [0.05, 0.1) is 16.7 Å². The first-order chi connectivity index (χ1) is 15.9. The summed E-state index contributed by atoms with van der Waals surface area (Å²) in [5.41, 5.74) is 2.35. The number of carbonyl (C=O) groups is 3. The van der Waals surface area contributed by atoms with E-state index in [-0.39, 0.29) is 62.3 Å². The van der Waals surface area contributed by atoms with Gasteiger partial charge in [-0.2, -0.15) is 4.31 Å². The van der Waals surface area contributed by atoms with E-state index in [1.807, 2.05) is 18.2 Å². The average Bonchev–Trinajstić information content (AvgIpc) is 3.08. The molecule has 0 aromatic heterocycles. The summed E-state index contributed by atoms with van der Waals surface area (Å²) in [7, 11) is -3.63. The van der Waals surface area contributed by atoms with Gasteiger partial charge in [-0.1, -0.05) is 18.2 Å². The van der Waals surface area contributed by atoms with Crippen LogP contribution in [0, 0.1) is 11.8 Å². The lowest BCUT2D eigenvalue weighted by molar-refractivity contribution is -0.147. The number of fused-ring (bicyclic) bond motifs is 2. The number of aryl methyl sites for hydroxylation is 2. The number of amides is 3. The van der Waals surface area contributed by atoms with E-state index in [0.717, 1.165) is 36.1 Å². The van der Waals surface area contributed by atoms with Crippen LogP contribution in [0.1, 0.15) is 36.8 Å². The van der Waals surface area contributed by atoms with Crippen LogP contribution in [0.3, 0.4) is 0 Å². The maximum atomic E-state index is 13.2. The Morgan fingerprint density at radius 2 is 1.48 bits per heavy atom. The number of allylic oxidation sites excluding steroid dienone is 2. The van der Waals surface area contributed by atoms with Crippen molar-refractivity contribution in [2.45, 2.75) is 43.4 Å². The van der Waals surface area contributed by atoms with Gasteiger partial charge in [-0.25, -0.2) is 8.42 Å². The van der Waals surface area contributed by atoms with Gasteiger partial charge in [-0.05, 0) is 61.8 Å². The second kappa shape index (κ2) is 8.68. The minimum absolute atomic E-state index is 0.197. The molecule has 176 valence electrons. The van der Waals surface area contributed by atoms with Gasteiger partial charge < -0.3 is 4.90 Å². The standard InChI is InChI=1S/C24H29N3O5S/c28-22(16-27-23(29)20-7-3-4-8-21(20)24(27)30)25-11-13-26(14-12-25)33(31,32)19-10-9-17-5-1-2-6-18(17)15-19/h3-4,9-10,15,20-21H,1-2,5-8,11-14,16H2/t20-,21+. The van der Waals surface area contributed by atoms with Crippen LogP contribution in [0.4, 0.5) is 0 Å². The van der Waals surface area contributed by atoms with Crippen molar-refractivity contribution in [2.24, 2.45) is 11.8 Å². The third-order valence-electron chi connectivity index (χ3n) is 7.44. The van der Waals surface area contributed by atoms with Crippen LogP contribution in [0.25, 0.3) is 0 Å². The predicted octanol–water partition coefficient (Wildman–Crippen LogP) is 1.35. The highest BCUT2D eigenvalue weighted by atomic mass is 32.2. The monoisotopic (exact) mass is 471 g/mol. The van der Waals surface area contributed by atoms with Crippen molar-refractivity contribution < 1.29 is 22.8 Å². The van der Waals surface area contributed by atoms with Crippen LogP contribution in [0.5, 0.6) is 0 Å². The molecule has 2 saturated heterocycles. The van der Waals surface area contributed by atoms with E-state index in [2.05, 4.69) is 0 Å². The summed E-state index contributed by atoms with van der Waals surface area (Å²) in [5, 5.41) is 0. The third kappa shape index (κ3) is 4.01. The Bertz CT molecular complexity index is 1090. The highest BCUT2D eigenvalue weighted by Gasteiger charge is 2.48. The molecule has 2 atom stereocenters. The molecule has 0 unspecified atom stereocenters. The van der Waals surface area contributed by atoms with Crippen molar-refractivity contribution in [3.05, 3.63) is 41.5 Å². The summed E-state index contributed by atoms with van der Waals surface area (Å²) in [6, 6.07) is 5.43. The molecule has 0 N–H and O–H groups in total. The van der Waals surface area contributed by atoms with E-state index in [1.54, 1.807) is 17.0 Å². The highest BCUT2D eigenvalue weighted by molar-refractivity contribution is 7.89. The number of imide groups is 1. The molecule has 4 aliphatic rings. The fourth-order valence-electron chi connectivity index (χ4n) is 5.46. The second-order valence-corrected chi connectivity index (χ2v) is 11.3. The fourth-order valence-corrected chi connectivity index (χ4v) is 6.93. The van der Waals surface area contributed by atoms with E-state index < -0.39 is 10.0 Å². The van der Waals surface area contributed by atoms with Crippen molar-refractivity contribution in [1.29, 1.82) is 0 Å². The van der Waals surface area contributed by atoms with Gasteiger partial charge in [0.2, 0.25) is 27.7 Å². The molecule has 1 aromatic carbocycles. The van der Waals surface area contributed by atoms with Gasteiger partial charge in [0, 0.05) is 26.2 Å². The lowest BCUT2D eigenvalue weighted by Crippen LogP contribution is -2.53. The molecule has 9 heteroatoms. The van der Waals surface area contributed by atoms with Crippen LogP contribution in [-0.4, -0.2) is 73.0 Å². The average molecular weight is 472 g/mol. The molecule has 0 bridgehead atoms. The molecule has 0 spiro atoms. The number of hydrogen-bond donors (Lipinski definition) is 0. The first-order valence-electron chi connectivity index (χ1n) is 11.8. The van der Waals surface area contributed by atoms with E-state index in [4.69, 9.17) is 0 Å². The number of sulfonamides is 1. The van der Waals surface area contributed by atoms with Gasteiger partial charge >= 0.3 is 0 Å². The highest BCUT2D eigenvalue weighted by Crippen LogP contribution is 2.35. The number of benzene rings is 1. The molecule has 2 aliphatic heterocycles. The minimum Gasteiger partial charge on any atom is -0.338 e. The number of piperazine rings is 1. The molecule has 2 aliphatic carbocycles. The van der Waals surface area contributed by atoms with Crippen LogP contribution in [0.2, 0.25) is 0 Å². The van der Waals surface area contributed by atoms with Crippen LogP contribution in [0.15, 0.2) is 35.2 Å². The van der Waals surface area contributed by atoms with Gasteiger partial charge in [-0.15, -0.1) is 0 Å². The summed E-state index contributed by atoms with van der Waals surface area (Å²) in [6.45, 7) is 0.619. The first kappa shape index (κ1) is 22.3. The van der Waals surface area contributed by atoms with E-state index in [1.165, 1.54) is 9.87 Å². The van der Waals surface area contributed by atoms with Crippen LogP contribution < -0.4 is 0 Å². The number of nitrogens with zero attached hydrogens (tertiary/aromatic N) is 3. The van der Waals surface area contributed by atoms with Crippen molar-refractivity contribution in [3.8, 4) is 0 Å². The Hall–Kier alpha value is -2.52. The Morgan fingerprint density at radius 1 is 0.879 bits per heavy atom. The predicted molar refractivity (Wildman–Crippen MR) is 120 cm³/mol. The number of carbonyl (C=O) groups excluding carboxylic acids is 3. The fraction of sp³-hybridized carbons (Fsp3) is 0.542. The van der Waals surface area contributed by atoms with Crippen molar-refractivity contribution in [1.82, 2.24) is 14.1 Å². The normalized spacial score (nSPS) is 25.8. The molecular weight excluding hydrogens is 442 g/mol. The van der Waals surface area contributed by atoms with Crippen molar-refractivity contribution in [2.75, 3.05) is 32.7 Å². The maximum Gasteiger partial charge on any atom is 0.243 e. The zero-order chi connectivity index (χ0) is 23.2. The lowest BCUT2D eigenvalue weighted by atomic mass is 9.85. The molecule has 33 heavy (non-hydrogen) atoms. The quantitative estimate of drug-likeness (QED) is 0.488. The second-order valence-electron chi connectivity index (χ2n) is 9.34. The van der Waals surface area contributed by atoms with Crippen LogP contribution >= 0.6 is 0 Å². The number of rotatable bonds is 4. The SMILES string of the molecule is O=C(CN1C(=O)[C@H]2CC=CC[C@H]2C1=O)N1CCN(S(=O)(=O)c2ccc3c(c2)CCCC3)CC1. The Labute approximate surface area is 194 Å². The molecule has 1 aromatic rings. The van der Waals surface area contributed by atoms with Crippen LogP contribution in [-0.2, 0) is 37.2 Å². The summed E-state index contributed by atoms with van der Waals surface area (Å²) < 4.78 is 27.8. The largest absolute Gasteiger partial charge is 0.338 e.